The smallest absolute Gasteiger partial charge is 0.325 e. The van der Waals surface area contributed by atoms with Crippen molar-refractivity contribution in [2.45, 2.75) is 12.6 Å². The van der Waals surface area contributed by atoms with Gasteiger partial charge in [0, 0.05) is 30.2 Å². The average Bonchev–Trinajstić information content (AvgIpc) is 2.85. The lowest BCUT2D eigenvalue weighted by Crippen LogP contribution is -2.42. The zero-order chi connectivity index (χ0) is 17.3. The monoisotopic (exact) mass is 336 g/mol. The van der Waals surface area contributed by atoms with Gasteiger partial charge in [-0.15, -0.1) is 0 Å². The molecule has 0 aliphatic carbocycles. The molecule has 0 saturated carbocycles. The van der Waals surface area contributed by atoms with Crippen molar-refractivity contribution >= 4 is 22.8 Å². The summed E-state index contributed by atoms with van der Waals surface area (Å²) in [5.74, 6) is -2.62. The first kappa shape index (κ1) is 16.4. The zero-order valence-corrected chi connectivity index (χ0v) is 12.8. The summed E-state index contributed by atoms with van der Waals surface area (Å²) >= 11 is 0. The summed E-state index contributed by atoms with van der Waals surface area (Å²) in [6, 6.07) is 3.03. The lowest BCUT2D eigenvalue weighted by Gasteiger charge is -2.31. The highest BCUT2D eigenvalue weighted by Gasteiger charge is 2.31. The minimum Gasteiger partial charge on any atom is -0.480 e. The lowest BCUT2D eigenvalue weighted by atomic mass is 10.0. The number of ether oxygens (including phenoxy) is 1. The van der Waals surface area contributed by atoms with Gasteiger partial charge in [0.25, 0.3) is 0 Å². The summed E-state index contributed by atoms with van der Waals surface area (Å²) in [7, 11) is 0. The molecule has 0 spiro atoms. The van der Waals surface area contributed by atoms with E-state index in [1.807, 2.05) is 0 Å². The largest absolute Gasteiger partial charge is 0.480 e. The molecule has 1 aliphatic heterocycles. The molecule has 1 atom stereocenters. The molecule has 8 heteroatoms. The van der Waals surface area contributed by atoms with Gasteiger partial charge in [-0.05, 0) is 18.2 Å². The molecule has 1 fully saturated rings. The van der Waals surface area contributed by atoms with Crippen molar-refractivity contribution in [2.24, 2.45) is 0 Å². The van der Waals surface area contributed by atoms with E-state index in [1.54, 1.807) is 4.90 Å². The first-order valence-electron chi connectivity index (χ1n) is 7.52. The number of hydrogen-bond donors (Lipinski definition) is 2. The van der Waals surface area contributed by atoms with Crippen LogP contribution in [0.25, 0.3) is 10.9 Å². The van der Waals surface area contributed by atoms with Gasteiger partial charge in [-0.25, -0.2) is 4.39 Å². The number of morpholine rings is 1. The van der Waals surface area contributed by atoms with E-state index in [4.69, 9.17) is 9.84 Å². The van der Waals surface area contributed by atoms with Crippen LogP contribution in [-0.4, -0.2) is 57.9 Å². The van der Waals surface area contributed by atoms with E-state index >= 15 is 0 Å². The maximum absolute atomic E-state index is 13.6. The van der Waals surface area contributed by atoms with Crippen molar-refractivity contribution < 1.29 is 28.9 Å². The van der Waals surface area contributed by atoms with Crippen LogP contribution < -0.4 is 0 Å². The zero-order valence-electron chi connectivity index (χ0n) is 12.8. The second kappa shape index (κ2) is 6.58. The van der Waals surface area contributed by atoms with E-state index < -0.39 is 23.8 Å². The van der Waals surface area contributed by atoms with Crippen LogP contribution >= 0.6 is 0 Å². The second-order valence-corrected chi connectivity index (χ2v) is 5.66. The van der Waals surface area contributed by atoms with Gasteiger partial charge in [0.2, 0.25) is 0 Å². The van der Waals surface area contributed by atoms with Crippen molar-refractivity contribution in [3.8, 4) is 0 Å². The number of carbonyl (C=O) groups is 2. The van der Waals surface area contributed by atoms with E-state index in [0.717, 1.165) is 0 Å². The van der Waals surface area contributed by atoms with Crippen LogP contribution in [0.3, 0.4) is 0 Å². The van der Waals surface area contributed by atoms with Gasteiger partial charge in [0.1, 0.15) is 18.4 Å². The molecule has 2 heterocycles. The minimum absolute atomic E-state index is 0.366. The molecule has 3 rings (SSSR count). The predicted molar refractivity (Wildman–Crippen MR) is 82.3 cm³/mol. The molecule has 0 radical (unpaired) electrons. The number of carboxylic acid groups (broad SMARTS) is 2. The van der Waals surface area contributed by atoms with Crippen molar-refractivity contribution in [1.29, 1.82) is 0 Å². The van der Waals surface area contributed by atoms with E-state index in [-0.39, 0.29) is 6.54 Å². The number of benzene rings is 1. The maximum atomic E-state index is 13.6. The Morgan fingerprint density at radius 1 is 1.25 bits per heavy atom. The Morgan fingerprint density at radius 2 is 1.96 bits per heavy atom. The van der Waals surface area contributed by atoms with Crippen LogP contribution in [0.15, 0.2) is 24.4 Å². The molecule has 0 unspecified atom stereocenters. The number of aliphatic carboxylic acids is 2. The molecule has 2 N–H and O–H groups in total. The van der Waals surface area contributed by atoms with Crippen molar-refractivity contribution in [2.75, 3.05) is 26.3 Å². The number of rotatable bonds is 5. The maximum Gasteiger partial charge on any atom is 0.325 e. The van der Waals surface area contributed by atoms with Crippen LogP contribution in [0.1, 0.15) is 11.6 Å². The Morgan fingerprint density at radius 3 is 2.58 bits per heavy atom. The molecule has 1 aromatic heterocycles. The van der Waals surface area contributed by atoms with E-state index in [0.29, 0.717) is 42.8 Å². The average molecular weight is 336 g/mol. The van der Waals surface area contributed by atoms with E-state index in [2.05, 4.69) is 0 Å². The molecular formula is C16H17FN2O5. The molecule has 0 bridgehead atoms. The van der Waals surface area contributed by atoms with Gasteiger partial charge in [-0.2, -0.15) is 0 Å². The summed E-state index contributed by atoms with van der Waals surface area (Å²) in [5, 5.41) is 19.3. The molecule has 1 aromatic carbocycles. The topological polar surface area (TPSA) is 92.0 Å². The molecule has 7 nitrogen and oxygen atoms in total. The number of hydrogen-bond acceptors (Lipinski definition) is 4. The summed E-state index contributed by atoms with van der Waals surface area (Å²) in [6.07, 6.45) is 1.49. The van der Waals surface area contributed by atoms with Crippen LogP contribution in [0.4, 0.5) is 4.39 Å². The van der Waals surface area contributed by atoms with Gasteiger partial charge < -0.3 is 19.5 Å². The Balaban J connectivity index is 2.12. The molecule has 1 aliphatic rings. The second-order valence-electron chi connectivity index (χ2n) is 5.66. The summed E-state index contributed by atoms with van der Waals surface area (Å²) in [6.45, 7) is 1.43. The fourth-order valence-electron chi connectivity index (χ4n) is 3.11. The Bertz CT molecular complexity index is 782. The quantitative estimate of drug-likeness (QED) is 0.856. The number of fused-ring (bicyclic) bond motifs is 1. The van der Waals surface area contributed by atoms with Crippen molar-refractivity contribution in [3.63, 3.8) is 0 Å². The lowest BCUT2D eigenvalue weighted by molar-refractivity contribution is -0.145. The normalized spacial score (nSPS) is 17.0. The number of aromatic nitrogens is 1. The first-order chi connectivity index (χ1) is 11.5. The third kappa shape index (κ3) is 3.10. The van der Waals surface area contributed by atoms with Crippen LogP contribution in [0.2, 0.25) is 0 Å². The minimum atomic E-state index is -1.08. The molecule has 2 aromatic rings. The van der Waals surface area contributed by atoms with Crippen molar-refractivity contribution in [3.05, 3.63) is 35.8 Å². The van der Waals surface area contributed by atoms with E-state index in [1.165, 1.54) is 29.0 Å². The fourth-order valence-corrected chi connectivity index (χ4v) is 3.11. The Kier molecular flexibility index (Phi) is 4.50. The third-order valence-electron chi connectivity index (χ3n) is 4.12. The highest BCUT2D eigenvalue weighted by Crippen LogP contribution is 2.31. The highest BCUT2D eigenvalue weighted by atomic mass is 19.1. The number of carboxylic acids is 2. The third-order valence-corrected chi connectivity index (χ3v) is 4.12. The summed E-state index contributed by atoms with van der Waals surface area (Å²) in [5.41, 5.74) is 0.826. The van der Waals surface area contributed by atoms with Gasteiger partial charge in [0.15, 0.2) is 0 Å². The summed E-state index contributed by atoms with van der Waals surface area (Å²) in [4.78, 5) is 24.7. The SMILES string of the molecule is O=C(O)Cn1cc([C@H](C(=O)O)N2CCOCC2)c2ccc(F)cc21. The Labute approximate surface area is 136 Å². The van der Waals surface area contributed by atoms with Crippen molar-refractivity contribution in [1.82, 2.24) is 9.47 Å². The molecule has 24 heavy (non-hydrogen) atoms. The predicted octanol–water partition coefficient (Wildman–Crippen LogP) is 1.32. The van der Waals surface area contributed by atoms with E-state index in [9.17, 15) is 19.1 Å². The van der Waals surface area contributed by atoms with Gasteiger partial charge in [-0.3, -0.25) is 14.5 Å². The molecule has 1 saturated heterocycles. The number of halogens is 1. The van der Waals surface area contributed by atoms with Crippen LogP contribution in [0.5, 0.6) is 0 Å². The molecule has 128 valence electrons. The fraction of sp³-hybridized carbons (Fsp3) is 0.375. The van der Waals surface area contributed by atoms with Gasteiger partial charge in [0.05, 0.1) is 18.7 Å². The highest BCUT2D eigenvalue weighted by molar-refractivity contribution is 5.90. The number of nitrogens with zero attached hydrogens (tertiary/aromatic N) is 2. The molecular weight excluding hydrogens is 319 g/mol. The van der Waals surface area contributed by atoms with Gasteiger partial charge >= 0.3 is 11.9 Å². The first-order valence-corrected chi connectivity index (χ1v) is 7.52. The summed E-state index contributed by atoms with van der Waals surface area (Å²) < 4.78 is 20.2. The Hall–Kier alpha value is -2.45. The standard InChI is InChI=1S/C16H17FN2O5/c17-10-1-2-11-12(8-19(9-14(20)21)13(11)7-10)15(16(22)23)18-3-5-24-6-4-18/h1-2,7-8,15H,3-6,9H2,(H,20,21)(H,22,23)/t15-/m1/s1. The molecule has 0 amide bonds. The van der Waals surface area contributed by atoms with Crippen LogP contribution in [0, 0.1) is 5.82 Å². The van der Waals surface area contributed by atoms with Gasteiger partial charge in [-0.1, -0.05) is 0 Å². The van der Waals surface area contributed by atoms with Crippen LogP contribution in [-0.2, 0) is 20.9 Å².